The van der Waals surface area contributed by atoms with E-state index in [1.807, 2.05) is 0 Å². The van der Waals surface area contributed by atoms with Crippen molar-refractivity contribution in [2.24, 2.45) is 5.41 Å². The molecule has 0 N–H and O–H groups in total. The molecule has 0 saturated carbocycles. The van der Waals surface area contributed by atoms with Crippen molar-refractivity contribution in [2.75, 3.05) is 27.4 Å². The Morgan fingerprint density at radius 3 is 1.91 bits per heavy atom. The van der Waals surface area contributed by atoms with Crippen LogP contribution in [0.4, 0.5) is 0 Å². The molecule has 0 aliphatic heterocycles. The van der Waals surface area contributed by atoms with Crippen LogP contribution in [0, 0.1) is 5.41 Å². The number of carbonyl (C=O) groups is 1. The fourth-order valence-electron chi connectivity index (χ4n) is 0.797. The van der Waals surface area contributed by atoms with Crippen molar-refractivity contribution in [3.63, 3.8) is 0 Å². The standard InChI is InChI=1S/C7H14O4/c1-7(4-10-2,5-11-3)6(8)9/h4-5H2,1-3H3,(H,8,9)/p-1. The number of rotatable bonds is 5. The molecule has 66 valence electrons. The number of methoxy groups -OCH3 is 2. The molecule has 0 bridgehead atoms. The summed E-state index contributed by atoms with van der Waals surface area (Å²) in [5, 5.41) is 10.5. The Labute approximate surface area is 66.1 Å². The van der Waals surface area contributed by atoms with Crippen LogP contribution in [0.1, 0.15) is 6.92 Å². The number of aliphatic carboxylic acids is 1. The van der Waals surface area contributed by atoms with E-state index in [0.29, 0.717) is 0 Å². The lowest BCUT2D eigenvalue weighted by Gasteiger charge is -2.28. The third-order valence-electron chi connectivity index (χ3n) is 1.42. The van der Waals surface area contributed by atoms with E-state index >= 15 is 0 Å². The summed E-state index contributed by atoms with van der Waals surface area (Å²) >= 11 is 0. The molecule has 0 radical (unpaired) electrons. The van der Waals surface area contributed by atoms with Crippen LogP contribution in [0.2, 0.25) is 0 Å². The molecule has 0 spiro atoms. The molecule has 0 aliphatic rings. The molecule has 0 atom stereocenters. The second kappa shape index (κ2) is 4.31. The van der Waals surface area contributed by atoms with Gasteiger partial charge in [0.2, 0.25) is 0 Å². The van der Waals surface area contributed by atoms with Crippen molar-refractivity contribution in [3.8, 4) is 0 Å². The Kier molecular flexibility index (Phi) is 4.07. The van der Waals surface area contributed by atoms with E-state index in [-0.39, 0.29) is 13.2 Å². The molecule has 4 nitrogen and oxygen atoms in total. The van der Waals surface area contributed by atoms with E-state index in [4.69, 9.17) is 9.47 Å². The van der Waals surface area contributed by atoms with Gasteiger partial charge in [-0.3, -0.25) is 0 Å². The first-order chi connectivity index (χ1) is 5.06. The minimum absolute atomic E-state index is 0.100. The quantitative estimate of drug-likeness (QED) is 0.521. The minimum atomic E-state index is -1.15. The number of ether oxygens (including phenoxy) is 2. The van der Waals surface area contributed by atoms with Crippen LogP contribution in [0.3, 0.4) is 0 Å². The highest BCUT2D eigenvalue weighted by molar-refractivity contribution is 5.72. The van der Waals surface area contributed by atoms with Crippen molar-refractivity contribution in [2.45, 2.75) is 6.92 Å². The molecule has 0 fully saturated rings. The van der Waals surface area contributed by atoms with Crippen LogP contribution in [0.15, 0.2) is 0 Å². The summed E-state index contributed by atoms with van der Waals surface area (Å²) in [6, 6.07) is 0. The highest BCUT2D eigenvalue weighted by Gasteiger charge is 2.25. The zero-order valence-corrected chi connectivity index (χ0v) is 7.05. The van der Waals surface area contributed by atoms with Crippen molar-refractivity contribution < 1.29 is 19.4 Å². The topological polar surface area (TPSA) is 58.6 Å². The van der Waals surface area contributed by atoms with E-state index in [1.165, 1.54) is 21.1 Å². The highest BCUT2D eigenvalue weighted by Crippen LogP contribution is 2.15. The molecule has 0 aromatic heterocycles. The number of carbonyl (C=O) groups excluding carboxylic acids is 1. The lowest BCUT2D eigenvalue weighted by atomic mass is 9.93. The third-order valence-corrected chi connectivity index (χ3v) is 1.42. The molecule has 0 unspecified atom stereocenters. The normalized spacial score (nSPS) is 11.5. The summed E-state index contributed by atoms with van der Waals surface area (Å²) in [6.07, 6.45) is 0. The number of hydrogen-bond acceptors (Lipinski definition) is 4. The first-order valence-electron chi connectivity index (χ1n) is 3.26. The zero-order chi connectivity index (χ0) is 8.91. The third kappa shape index (κ3) is 2.86. The molecule has 4 heteroatoms. The van der Waals surface area contributed by atoms with Gasteiger partial charge in [0.25, 0.3) is 0 Å². The van der Waals surface area contributed by atoms with Gasteiger partial charge in [0.1, 0.15) is 0 Å². The first-order valence-corrected chi connectivity index (χ1v) is 3.26. The summed E-state index contributed by atoms with van der Waals surface area (Å²) in [5.41, 5.74) is -1.04. The molecule has 0 aromatic rings. The van der Waals surface area contributed by atoms with Gasteiger partial charge in [-0.05, 0) is 6.92 Å². The van der Waals surface area contributed by atoms with Crippen LogP contribution in [0.5, 0.6) is 0 Å². The van der Waals surface area contributed by atoms with E-state index in [9.17, 15) is 9.90 Å². The van der Waals surface area contributed by atoms with Crippen LogP contribution >= 0.6 is 0 Å². The summed E-state index contributed by atoms with van der Waals surface area (Å²) in [7, 11) is 2.88. The monoisotopic (exact) mass is 161 g/mol. The summed E-state index contributed by atoms with van der Waals surface area (Å²) < 4.78 is 9.44. The Morgan fingerprint density at radius 1 is 1.36 bits per heavy atom. The van der Waals surface area contributed by atoms with E-state index in [2.05, 4.69) is 0 Å². The van der Waals surface area contributed by atoms with Crippen LogP contribution in [-0.2, 0) is 14.3 Å². The number of carboxylic acids is 1. The average molecular weight is 161 g/mol. The molecule has 0 rings (SSSR count). The number of hydrogen-bond donors (Lipinski definition) is 0. The predicted octanol–water partition coefficient (Wildman–Crippen LogP) is -0.965. The lowest BCUT2D eigenvalue weighted by molar-refractivity contribution is -0.321. The summed E-state index contributed by atoms with van der Waals surface area (Å²) in [4.78, 5) is 10.5. The minimum Gasteiger partial charge on any atom is -0.549 e. The predicted molar refractivity (Wildman–Crippen MR) is 36.9 cm³/mol. The molecule has 0 aromatic carbocycles. The van der Waals surface area contributed by atoms with Crippen molar-refractivity contribution in [3.05, 3.63) is 0 Å². The van der Waals surface area contributed by atoms with Gasteiger partial charge in [0, 0.05) is 14.2 Å². The van der Waals surface area contributed by atoms with Gasteiger partial charge in [-0.15, -0.1) is 0 Å². The lowest BCUT2D eigenvalue weighted by Crippen LogP contribution is -2.46. The van der Waals surface area contributed by atoms with E-state index in [1.54, 1.807) is 0 Å². The molecule has 0 saturated heterocycles. The van der Waals surface area contributed by atoms with Crippen LogP contribution in [-0.4, -0.2) is 33.4 Å². The van der Waals surface area contributed by atoms with Gasteiger partial charge >= 0.3 is 0 Å². The van der Waals surface area contributed by atoms with Crippen LogP contribution in [0.25, 0.3) is 0 Å². The maximum absolute atomic E-state index is 10.5. The van der Waals surface area contributed by atoms with E-state index < -0.39 is 11.4 Å². The molecule has 0 amide bonds. The fourth-order valence-corrected chi connectivity index (χ4v) is 0.797. The van der Waals surface area contributed by atoms with Crippen molar-refractivity contribution in [1.82, 2.24) is 0 Å². The average Bonchev–Trinajstić information content (AvgIpc) is 1.88. The van der Waals surface area contributed by atoms with Gasteiger partial charge in [0.15, 0.2) is 0 Å². The maximum Gasteiger partial charge on any atom is 0.0590 e. The smallest absolute Gasteiger partial charge is 0.0590 e. The van der Waals surface area contributed by atoms with Gasteiger partial charge in [-0.2, -0.15) is 0 Å². The van der Waals surface area contributed by atoms with Gasteiger partial charge in [-0.1, -0.05) is 0 Å². The Morgan fingerprint density at radius 2 is 1.73 bits per heavy atom. The van der Waals surface area contributed by atoms with Crippen molar-refractivity contribution in [1.29, 1.82) is 0 Å². The van der Waals surface area contributed by atoms with Gasteiger partial charge in [-0.25, -0.2) is 0 Å². The number of carboxylic acid groups (broad SMARTS) is 1. The maximum atomic E-state index is 10.5. The second-order valence-electron chi connectivity index (χ2n) is 2.71. The van der Waals surface area contributed by atoms with Crippen LogP contribution < -0.4 is 5.11 Å². The summed E-state index contributed by atoms with van der Waals surface area (Å²) in [5.74, 6) is -1.15. The Bertz CT molecular complexity index is 126. The molecular weight excluding hydrogens is 148 g/mol. The zero-order valence-electron chi connectivity index (χ0n) is 7.05. The Balaban J connectivity index is 4.13. The fraction of sp³-hybridized carbons (Fsp3) is 0.857. The van der Waals surface area contributed by atoms with Gasteiger partial charge in [0.05, 0.1) is 24.6 Å². The van der Waals surface area contributed by atoms with E-state index in [0.717, 1.165) is 0 Å². The SMILES string of the molecule is COCC(C)(COC)C(=O)[O-]. The second-order valence-corrected chi connectivity index (χ2v) is 2.71. The largest absolute Gasteiger partial charge is 0.549 e. The first kappa shape index (κ1) is 10.4. The molecule has 0 aliphatic carbocycles. The summed E-state index contributed by atoms with van der Waals surface area (Å²) in [6.45, 7) is 1.72. The Hall–Kier alpha value is -0.610. The molecule has 11 heavy (non-hydrogen) atoms. The highest BCUT2D eigenvalue weighted by atomic mass is 16.5. The molecular formula is C7H13O4-. The molecule has 0 heterocycles. The van der Waals surface area contributed by atoms with Crippen molar-refractivity contribution >= 4 is 5.97 Å². The van der Waals surface area contributed by atoms with Gasteiger partial charge < -0.3 is 19.4 Å².